The Morgan fingerprint density at radius 2 is 2.07 bits per heavy atom. The van der Waals surface area contributed by atoms with Gasteiger partial charge in [-0.25, -0.2) is 0 Å². The maximum atomic E-state index is 11.8. The summed E-state index contributed by atoms with van der Waals surface area (Å²) in [5, 5.41) is 0. The maximum absolute atomic E-state index is 11.8. The van der Waals surface area contributed by atoms with E-state index < -0.39 is 0 Å². The van der Waals surface area contributed by atoms with E-state index in [2.05, 4.69) is 15.9 Å². The summed E-state index contributed by atoms with van der Waals surface area (Å²) in [4.78, 5) is 13.6. The highest BCUT2D eigenvalue weighted by Crippen LogP contribution is 2.24. The molecule has 1 atom stereocenters. The molecule has 4 heteroatoms. The lowest BCUT2D eigenvalue weighted by atomic mass is 10.3. The van der Waals surface area contributed by atoms with Gasteiger partial charge in [0.05, 0.1) is 0 Å². The average Bonchev–Trinajstić information content (AvgIpc) is 2.61. The number of halogens is 1. The Balaban J connectivity index is 2.19. The van der Waals surface area contributed by atoms with Crippen molar-refractivity contribution < 1.29 is 9.53 Å². The lowest BCUT2D eigenvalue weighted by molar-refractivity contribution is -0.125. The molecule has 0 bridgehead atoms. The molecule has 1 heterocycles. The van der Waals surface area contributed by atoms with E-state index >= 15 is 0 Å². The van der Waals surface area contributed by atoms with E-state index in [0.29, 0.717) is 0 Å². The summed E-state index contributed by atoms with van der Waals surface area (Å²) in [5.41, 5.74) is 0.933. The monoisotopic (exact) mass is 269 g/mol. The molecule has 1 saturated heterocycles. The number of carbonyl (C=O) groups is 1. The fourth-order valence-electron chi connectivity index (χ4n) is 1.75. The normalized spacial score (nSPS) is 21.1. The van der Waals surface area contributed by atoms with Crippen LogP contribution in [0.3, 0.4) is 0 Å². The number of methoxy groups -OCH3 is 1. The van der Waals surface area contributed by atoms with Gasteiger partial charge in [0.1, 0.15) is 6.10 Å². The highest BCUT2D eigenvalue weighted by molar-refractivity contribution is 9.10. The Kier molecular flexibility index (Phi) is 3.07. The van der Waals surface area contributed by atoms with Crippen molar-refractivity contribution in [3.8, 4) is 0 Å². The minimum absolute atomic E-state index is 0.0554. The predicted molar refractivity (Wildman–Crippen MR) is 61.9 cm³/mol. The van der Waals surface area contributed by atoms with Crippen molar-refractivity contribution in [2.45, 2.75) is 12.5 Å². The van der Waals surface area contributed by atoms with Crippen molar-refractivity contribution in [3.05, 3.63) is 28.7 Å². The first-order chi connectivity index (χ1) is 7.22. The predicted octanol–water partition coefficient (Wildman–Crippen LogP) is 2.20. The van der Waals surface area contributed by atoms with Gasteiger partial charge < -0.3 is 9.64 Å². The Morgan fingerprint density at radius 1 is 1.40 bits per heavy atom. The lowest BCUT2D eigenvalue weighted by Crippen LogP contribution is -2.29. The van der Waals surface area contributed by atoms with Gasteiger partial charge in [-0.05, 0) is 24.3 Å². The van der Waals surface area contributed by atoms with Gasteiger partial charge in [-0.15, -0.1) is 0 Å². The van der Waals surface area contributed by atoms with Gasteiger partial charge in [-0.3, -0.25) is 4.79 Å². The number of rotatable bonds is 2. The standard InChI is InChI=1S/C11H12BrNO2/c1-15-10-6-7-13(11(10)14)9-4-2-8(12)3-5-9/h2-5,10H,6-7H2,1H3. The molecular weight excluding hydrogens is 258 g/mol. The first kappa shape index (κ1) is 10.6. The summed E-state index contributed by atoms with van der Waals surface area (Å²) in [7, 11) is 1.58. The van der Waals surface area contributed by atoms with Crippen LogP contribution in [-0.4, -0.2) is 25.7 Å². The molecule has 80 valence electrons. The van der Waals surface area contributed by atoms with E-state index in [1.165, 1.54) is 0 Å². The number of nitrogens with zero attached hydrogens (tertiary/aromatic N) is 1. The smallest absolute Gasteiger partial charge is 0.256 e. The molecule has 2 rings (SSSR count). The number of carbonyl (C=O) groups excluding carboxylic acids is 1. The summed E-state index contributed by atoms with van der Waals surface area (Å²) >= 11 is 3.37. The second kappa shape index (κ2) is 4.33. The topological polar surface area (TPSA) is 29.5 Å². The van der Waals surface area contributed by atoms with E-state index in [1.54, 1.807) is 12.0 Å². The summed E-state index contributed by atoms with van der Waals surface area (Å²) in [5.74, 6) is 0.0554. The molecule has 3 nitrogen and oxygen atoms in total. The number of amides is 1. The Hall–Kier alpha value is -0.870. The van der Waals surface area contributed by atoms with Gasteiger partial charge in [0, 0.05) is 30.2 Å². The van der Waals surface area contributed by atoms with Crippen molar-refractivity contribution in [3.63, 3.8) is 0 Å². The second-order valence-electron chi connectivity index (χ2n) is 3.48. The van der Waals surface area contributed by atoms with Crippen molar-refractivity contribution in [2.24, 2.45) is 0 Å². The molecule has 1 aromatic rings. The molecule has 0 aromatic heterocycles. The van der Waals surface area contributed by atoms with Crippen LogP contribution < -0.4 is 4.90 Å². The lowest BCUT2D eigenvalue weighted by Gasteiger charge is -2.16. The molecule has 1 aromatic carbocycles. The molecule has 0 saturated carbocycles. The minimum Gasteiger partial charge on any atom is -0.372 e. The van der Waals surface area contributed by atoms with E-state index in [4.69, 9.17) is 4.74 Å². The van der Waals surface area contributed by atoms with Gasteiger partial charge in [0.25, 0.3) is 5.91 Å². The number of hydrogen-bond acceptors (Lipinski definition) is 2. The highest BCUT2D eigenvalue weighted by Gasteiger charge is 2.32. The number of anilines is 1. The van der Waals surface area contributed by atoms with Crippen LogP contribution in [0.2, 0.25) is 0 Å². The van der Waals surface area contributed by atoms with Crippen LogP contribution >= 0.6 is 15.9 Å². The maximum Gasteiger partial charge on any atom is 0.256 e. The zero-order valence-corrected chi connectivity index (χ0v) is 10.0. The summed E-state index contributed by atoms with van der Waals surface area (Å²) < 4.78 is 6.11. The Morgan fingerprint density at radius 3 is 2.60 bits per heavy atom. The fourth-order valence-corrected chi connectivity index (χ4v) is 2.01. The largest absolute Gasteiger partial charge is 0.372 e. The number of ether oxygens (including phenoxy) is 1. The SMILES string of the molecule is COC1CCN(c2ccc(Br)cc2)C1=O. The molecule has 0 radical (unpaired) electrons. The van der Waals surface area contributed by atoms with Gasteiger partial charge in [-0.1, -0.05) is 15.9 Å². The van der Waals surface area contributed by atoms with E-state index in [-0.39, 0.29) is 12.0 Å². The van der Waals surface area contributed by atoms with Crippen molar-refractivity contribution in [1.29, 1.82) is 0 Å². The molecule has 1 amide bonds. The third-order valence-electron chi connectivity index (χ3n) is 2.58. The number of benzene rings is 1. The van der Waals surface area contributed by atoms with Crippen molar-refractivity contribution in [2.75, 3.05) is 18.6 Å². The zero-order chi connectivity index (χ0) is 10.8. The quantitative estimate of drug-likeness (QED) is 0.824. The first-order valence-electron chi connectivity index (χ1n) is 4.82. The minimum atomic E-state index is -0.270. The van der Waals surface area contributed by atoms with Crippen molar-refractivity contribution >= 4 is 27.5 Å². The molecule has 0 N–H and O–H groups in total. The summed E-state index contributed by atoms with van der Waals surface area (Å²) in [6.07, 6.45) is 0.499. The molecule has 1 fully saturated rings. The molecule has 1 unspecified atom stereocenters. The van der Waals surface area contributed by atoms with Crippen LogP contribution in [0.25, 0.3) is 0 Å². The zero-order valence-electron chi connectivity index (χ0n) is 8.44. The number of hydrogen-bond donors (Lipinski definition) is 0. The van der Waals surface area contributed by atoms with E-state index in [1.807, 2.05) is 24.3 Å². The van der Waals surface area contributed by atoms with Crippen LogP contribution in [0.1, 0.15) is 6.42 Å². The molecule has 0 spiro atoms. The Bertz CT molecular complexity index is 363. The van der Waals surface area contributed by atoms with Crippen LogP contribution in [0.5, 0.6) is 0 Å². The van der Waals surface area contributed by atoms with Crippen LogP contribution in [0, 0.1) is 0 Å². The third kappa shape index (κ3) is 2.06. The summed E-state index contributed by atoms with van der Waals surface area (Å²) in [6, 6.07) is 7.73. The fraction of sp³-hybridized carbons (Fsp3) is 0.364. The molecular formula is C11H12BrNO2. The van der Waals surface area contributed by atoms with Crippen LogP contribution in [0.15, 0.2) is 28.7 Å². The van der Waals surface area contributed by atoms with E-state index in [9.17, 15) is 4.79 Å². The first-order valence-corrected chi connectivity index (χ1v) is 5.61. The van der Waals surface area contributed by atoms with Gasteiger partial charge in [-0.2, -0.15) is 0 Å². The van der Waals surface area contributed by atoms with E-state index in [0.717, 1.165) is 23.1 Å². The highest BCUT2D eigenvalue weighted by atomic mass is 79.9. The second-order valence-corrected chi connectivity index (χ2v) is 4.39. The Labute approximate surface area is 97.2 Å². The van der Waals surface area contributed by atoms with Crippen LogP contribution in [0.4, 0.5) is 5.69 Å². The summed E-state index contributed by atoms with van der Waals surface area (Å²) in [6.45, 7) is 0.735. The molecule has 1 aliphatic heterocycles. The van der Waals surface area contributed by atoms with Gasteiger partial charge in [0.15, 0.2) is 0 Å². The van der Waals surface area contributed by atoms with Crippen molar-refractivity contribution in [1.82, 2.24) is 0 Å². The molecule has 0 aliphatic carbocycles. The molecule has 15 heavy (non-hydrogen) atoms. The van der Waals surface area contributed by atoms with Gasteiger partial charge in [0.2, 0.25) is 0 Å². The van der Waals surface area contributed by atoms with Gasteiger partial charge >= 0.3 is 0 Å². The third-order valence-corrected chi connectivity index (χ3v) is 3.11. The molecule has 1 aliphatic rings. The van der Waals surface area contributed by atoms with Crippen LogP contribution in [-0.2, 0) is 9.53 Å². The average molecular weight is 270 g/mol.